The number of carbonyl (C=O) groups is 3. The maximum atomic E-state index is 15.1. The highest BCUT2D eigenvalue weighted by molar-refractivity contribution is 6.20. The Bertz CT molecular complexity index is 1480. The van der Waals surface area contributed by atoms with Crippen molar-refractivity contribution in [3.05, 3.63) is 83.3 Å². The molecule has 0 unspecified atom stereocenters. The van der Waals surface area contributed by atoms with Crippen molar-refractivity contribution in [2.45, 2.75) is 25.8 Å². The molecule has 2 aliphatic rings. The lowest BCUT2D eigenvalue weighted by Crippen LogP contribution is -2.73. The smallest absolute Gasteiger partial charge is 0.307 e. The maximum Gasteiger partial charge on any atom is 0.332 e. The molecular formula is C27H21F2N5O3. The minimum Gasteiger partial charge on any atom is -0.307 e. The minimum atomic E-state index is -1.53. The van der Waals surface area contributed by atoms with Crippen molar-refractivity contribution >= 4 is 29.4 Å². The first-order valence-electron chi connectivity index (χ1n) is 11.5. The molecule has 3 aromatic rings. The van der Waals surface area contributed by atoms with Gasteiger partial charge in [-0.25, -0.2) is 28.4 Å². The fraction of sp³-hybridized carbons (Fsp3) is 0.222. The molecule has 3 heterocycles. The van der Waals surface area contributed by atoms with Crippen molar-refractivity contribution in [2.24, 2.45) is 0 Å². The molecule has 10 heteroatoms. The fourth-order valence-corrected chi connectivity index (χ4v) is 4.65. The van der Waals surface area contributed by atoms with E-state index in [9.17, 15) is 14.4 Å². The number of hydrogen-bond acceptors (Lipinski definition) is 5. The number of nitrogens with zero attached hydrogens (tertiary/aromatic N) is 5. The molecule has 0 aliphatic carbocycles. The molecule has 0 spiro atoms. The van der Waals surface area contributed by atoms with Gasteiger partial charge in [0.25, 0.3) is 5.91 Å². The molecule has 5 rings (SSSR count). The normalized spacial score (nSPS) is 19.5. The quantitative estimate of drug-likeness (QED) is 0.503. The summed E-state index contributed by atoms with van der Waals surface area (Å²) in [5, 5.41) is 0. The largest absolute Gasteiger partial charge is 0.332 e. The van der Waals surface area contributed by atoms with E-state index in [0.29, 0.717) is 21.8 Å². The SMILES string of the molecule is Cc1cncnc1N1CCN2C(=O)N(c3c(F)cc(C#Cc4ccccc4)cc3F)C(=O)C[C@@]2(C)C1=O. The highest BCUT2D eigenvalue weighted by atomic mass is 19.1. The average Bonchev–Trinajstić information content (AvgIpc) is 2.87. The fourth-order valence-electron chi connectivity index (χ4n) is 4.65. The van der Waals surface area contributed by atoms with E-state index in [2.05, 4.69) is 21.8 Å². The molecular weight excluding hydrogens is 480 g/mol. The first-order valence-corrected chi connectivity index (χ1v) is 11.5. The van der Waals surface area contributed by atoms with Gasteiger partial charge < -0.3 is 4.90 Å². The summed E-state index contributed by atoms with van der Waals surface area (Å²) in [5.41, 5.74) is -0.956. The molecule has 2 aliphatic heterocycles. The van der Waals surface area contributed by atoms with Gasteiger partial charge in [-0.05, 0) is 38.1 Å². The first-order chi connectivity index (χ1) is 17.7. The van der Waals surface area contributed by atoms with Crippen LogP contribution in [0, 0.1) is 30.4 Å². The molecule has 2 fully saturated rings. The Morgan fingerprint density at radius 1 is 0.973 bits per heavy atom. The predicted molar refractivity (Wildman–Crippen MR) is 131 cm³/mol. The number of imide groups is 1. The van der Waals surface area contributed by atoms with Gasteiger partial charge in [-0.15, -0.1) is 0 Å². The Morgan fingerprint density at radius 3 is 2.32 bits per heavy atom. The zero-order valence-electron chi connectivity index (χ0n) is 20.0. The lowest BCUT2D eigenvalue weighted by molar-refractivity contribution is -0.137. The van der Waals surface area contributed by atoms with E-state index in [4.69, 9.17) is 0 Å². The second-order valence-corrected chi connectivity index (χ2v) is 9.00. The summed E-state index contributed by atoms with van der Waals surface area (Å²) < 4.78 is 30.3. The number of fused-ring (bicyclic) bond motifs is 1. The summed E-state index contributed by atoms with van der Waals surface area (Å²) in [6, 6.07) is 9.89. The van der Waals surface area contributed by atoms with E-state index in [1.807, 2.05) is 6.07 Å². The molecule has 0 radical (unpaired) electrons. The summed E-state index contributed by atoms with van der Waals surface area (Å²) in [5.74, 6) is 2.27. The van der Waals surface area contributed by atoms with E-state index in [0.717, 1.165) is 12.1 Å². The van der Waals surface area contributed by atoms with Crippen LogP contribution in [0.5, 0.6) is 0 Å². The van der Waals surface area contributed by atoms with Gasteiger partial charge in [0.1, 0.15) is 23.4 Å². The van der Waals surface area contributed by atoms with Gasteiger partial charge in [0, 0.05) is 36.0 Å². The molecule has 1 atom stereocenters. The van der Waals surface area contributed by atoms with Gasteiger partial charge in [0.2, 0.25) is 5.91 Å². The van der Waals surface area contributed by atoms with Gasteiger partial charge in [-0.3, -0.25) is 14.5 Å². The van der Waals surface area contributed by atoms with Crippen LogP contribution in [-0.2, 0) is 9.59 Å². The van der Waals surface area contributed by atoms with Crippen LogP contribution in [0.3, 0.4) is 0 Å². The lowest BCUT2D eigenvalue weighted by atomic mass is 9.88. The number of piperazine rings is 1. The first kappa shape index (κ1) is 24.1. The van der Waals surface area contributed by atoms with Crippen molar-refractivity contribution in [3.63, 3.8) is 0 Å². The summed E-state index contributed by atoms with van der Waals surface area (Å²) in [6.45, 7) is 3.35. The zero-order chi connectivity index (χ0) is 26.3. The monoisotopic (exact) mass is 501 g/mol. The minimum absolute atomic E-state index is 0.0399. The van der Waals surface area contributed by atoms with Crippen molar-refractivity contribution in [2.75, 3.05) is 22.9 Å². The Balaban J connectivity index is 1.45. The predicted octanol–water partition coefficient (Wildman–Crippen LogP) is 3.43. The van der Waals surface area contributed by atoms with Crippen LogP contribution in [0.15, 0.2) is 55.0 Å². The molecule has 0 bridgehead atoms. The van der Waals surface area contributed by atoms with Crippen LogP contribution in [0.25, 0.3) is 0 Å². The average molecular weight is 501 g/mol. The van der Waals surface area contributed by atoms with Crippen LogP contribution in [-0.4, -0.2) is 51.3 Å². The zero-order valence-corrected chi connectivity index (χ0v) is 20.0. The van der Waals surface area contributed by atoms with Gasteiger partial charge in [0.15, 0.2) is 11.6 Å². The summed E-state index contributed by atoms with van der Waals surface area (Å²) in [6.07, 6.45) is 2.41. The maximum absolute atomic E-state index is 15.1. The number of carbonyl (C=O) groups excluding carboxylic acids is 3. The number of aromatic nitrogens is 2. The van der Waals surface area contributed by atoms with Crippen LogP contribution in [0.1, 0.15) is 30.0 Å². The van der Waals surface area contributed by atoms with E-state index >= 15 is 8.78 Å². The highest BCUT2D eigenvalue weighted by Crippen LogP contribution is 2.38. The third kappa shape index (κ3) is 4.08. The Morgan fingerprint density at radius 2 is 1.65 bits per heavy atom. The molecule has 186 valence electrons. The van der Waals surface area contributed by atoms with Crippen molar-refractivity contribution < 1.29 is 23.2 Å². The van der Waals surface area contributed by atoms with Crippen molar-refractivity contribution in [1.82, 2.24) is 14.9 Å². The Labute approximate surface area is 211 Å². The third-order valence-electron chi connectivity index (χ3n) is 6.50. The number of aryl methyl sites for hydroxylation is 1. The summed E-state index contributed by atoms with van der Waals surface area (Å²) in [7, 11) is 0. The second-order valence-electron chi connectivity index (χ2n) is 9.00. The van der Waals surface area contributed by atoms with Crippen LogP contribution in [0.4, 0.5) is 25.1 Å². The molecule has 4 amide bonds. The van der Waals surface area contributed by atoms with Gasteiger partial charge in [-0.2, -0.15) is 0 Å². The van der Waals surface area contributed by atoms with E-state index in [1.165, 1.54) is 23.1 Å². The molecule has 0 saturated carbocycles. The number of amides is 4. The molecule has 8 nitrogen and oxygen atoms in total. The summed E-state index contributed by atoms with van der Waals surface area (Å²) in [4.78, 5) is 51.2. The standard InChI is InChI=1S/C27H21F2N5O3/c1-17-15-30-16-31-24(17)32-10-11-33-26(37)34(22(35)14-27(33,2)25(32)36)23-20(28)12-19(13-21(23)29)9-8-18-6-4-3-5-7-18/h3-7,12-13,15-16H,10-11,14H2,1-2H3/t27-/m0/s1. The van der Waals surface area contributed by atoms with Gasteiger partial charge in [-0.1, -0.05) is 30.0 Å². The van der Waals surface area contributed by atoms with Gasteiger partial charge >= 0.3 is 6.03 Å². The topological polar surface area (TPSA) is 86.7 Å². The van der Waals surface area contributed by atoms with E-state index in [1.54, 1.807) is 37.4 Å². The second kappa shape index (κ2) is 9.09. The Kier molecular flexibility index (Phi) is 5.91. The molecule has 2 aromatic carbocycles. The van der Waals surface area contributed by atoms with E-state index in [-0.39, 0.29) is 18.7 Å². The number of rotatable bonds is 2. The van der Waals surface area contributed by atoms with Crippen LogP contribution < -0.4 is 9.80 Å². The van der Waals surface area contributed by atoms with Gasteiger partial charge in [0.05, 0.1) is 6.42 Å². The van der Waals surface area contributed by atoms with Crippen molar-refractivity contribution in [1.29, 1.82) is 0 Å². The lowest BCUT2D eigenvalue weighted by Gasteiger charge is -2.51. The number of urea groups is 1. The Hall–Kier alpha value is -4.65. The van der Waals surface area contributed by atoms with E-state index < -0.39 is 47.1 Å². The number of anilines is 2. The third-order valence-corrected chi connectivity index (χ3v) is 6.50. The van der Waals surface area contributed by atoms with Crippen LogP contribution in [0.2, 0.25) is 0 Å². The molecule has 1 aromatic heterocycles. The summed E-state index contributed by atoms with van der Waals surface area (Å²) >= 11 is 0. The van der Waals surface area contributed by atoms with Crippen LogP contribution >= 0.6 is 0 Å². The highest BCUT2D eigenvalue weighted by Gasteiger charge is 2.56. The number of benzene rings is 2. The molecule has 0 N–H and O–H groups in total. The van der Waals surface area contributed by atoms with Crippen molar-refractivity contribution in [3.8, 4) is 11.8 Å². The number of hydrogen-bond donors (Lipinski definition) is 0. The molecule has 2 saturated heterocycles. The number of halogens is 2. The molecule has 37 heavy (non-hydrogen) atoms.